The average molecular weight is 278 g/mol. The molecule has 0 N–H and O–H groups in total. The Balaban J connectivity index is 2.26. The van der Waals surface area contributed by atoms with E-state index in [1.165, 1.54) is 0 Å². The van der Waals surface area contributed by atoms with E-state index in [-0.39, 0.29) is 6.29 Å². The SMILES string of the molecule is C=Cc1cccc(O[Si]CCC(OCC)OCC)c1. The van der Waals surface area contributed by atoms with Crippen LogP contribution in [0.2, 0.25) is 6.04 Å². The predicted octanol–water partition coefficient (Wildman–Crippen LogP) is 3.54. The molecule has 3 nitrogen and oxygen atoms in total. The number of benzene rings is 1. The van der Waals surface area contributed by atoms with Crippen molar-refractivity contribution in [3.05, 3.63) is 36.4 Å². The molecule has 0 unspecified atom stereocenters. The van der Waals surface area contributed by atoms with Gasteiger partial charge in [0.15, 0.2) is 6.29 Å². The van der Waals surface area contributed by atoms with Gasteiger partial charge in [-0.05, 0) is 44.0 Å². The molecule has 0 fully saturated rings. The Hall–Kier alpha value is -1.10. The number of hydrogen-bond donors (Lipinski definition) is 0. The zero-order valence-corrected chi connectivity index (χ0v) is 12.7. The summed E-state index contributed by atoms with van der Waals surface area (Å²) in [5, 5.41) is 0. The minimum absolute atomic E-state index is 0.106. The summed E-state index contributed by atoms with van der Waals surface area (Å²) in [4.78, 5) is 0. The van der Waals surface area contributed by atoms with Crippen LogP contribution in [0.1, 0.15) is 25.8 Å². The lowest BCUT2D eigenvalue weighted by atomic mass is 10.2. The maximum atomic E-state index is 5.72. The Morgan fingerprint density at radius 1 is 1.26 bits per heavy atom. The third-order valence-electron chi connectivity index (χ3n) is 2.47. The van der Waals surface area contributed by atoms with Crippen LogP contribution in [0.5, 0.6) is 5.75 Å². The highest BCUT2D eigenvalue weighted by Gasteiger charge is 2.08. The van der Waals surface area contributed by atoms with Crippen molar-refractivity contribution in [2.75, 3.05) is 13.2 Å². The second-order valence-electron chi connectivity index (χ2n) is 3.90. The Labute approximate surface area is 118 Å². The molecule has 104 valence electrons. The van der Waals surface area contributed by atoms with E-state index in [9.17, 15) is 0 Å². The van der Waals surface area contributed by atoms with Crippen molar-refractivity contribution in [1.82, 2.24) is 0 Å². The van der Waals surface area contributed by atoms with Gasteiger partial charge in [-0.15, -0.1) is 0 Å². The molecule has 0 heterocycles. The molecule has 0 aromatic heterocycles. The van der Waals surface area contributed by atoms with Crippen LogP contribution in [0.3, 0.4) is 0 Å². The summed E-state index contributed by atoms with van der Waals surface area (Å²) >= 11 is 0. The highest BCUT2D eigenvalue weighted by Crippen LogP contribution is 2.14. The molecule has 4 heteroatoms. The quantitative estimate of drug-likeness (QED) is 0.372. The van der Waals surface area contributed by atoms with Crippen molar-refractivity contribution in [3.8, 4) is 5.75 Å². The molecule has 0 saturated heterocycles. The fourth-order valence-corrected chi connectivity index (χ4v) is 2.35. The van der Waals surface area contributed by atoms with Crippen molar-refractivity contribution in [2.24, 2.45) is 0 Å². The van der Waals surface area contributed by atoms with Crippen LogP contribution in [0, 0.1) is 0 Å². The van der Waals surface area contributed by atoms with E-state index in [1.54, 1.807) is 0 Å². The molecule has 19 heavy (non-hydrogen) atoms. The van der Waals surface area contributed by atoms with E-state index in [4.69, 9.17) is 13.9 Å². The summed E-state index contributed by atoms with van der Waals surface area (Å²) in [6, 6.07) is 8.86. The zero-order chi connectivity index (χ0) is 13.9. The molecule has 0 aliphatic carbocycles. The maximum absolute atomic E-state index is 5.72. The highest BCUT2D eigenvalue weighted by molar-refractivity contribution is 6.28. The molecular weight excluding hydrogens is 256 g/mol. The van der Waals surface area contributed by atoms with Crippen LogP contribution in [-0.4, -0.2) is 29.3 Å². The Bertz CT molecular complexity index is 362. The summed E-state index contributed by atoms with van der Waals surface area (Å²) in [6.07, 6.45) is 2.57. The Morgan fingerprint density at radius 3 is 2.63 bits per heavy atom. The molecular formula is C15H22O3Si. The minimum atomic E-state index is -0.106. The number of rotatable bonds is 10. The lowest BCUT2D eigenvalue weighted by molar-refractivity contribution is -0.136. The van der Waals surface area contributed by atoms with Crippen LogP contribution in [-0.2, 0) is 9.47 Å². The molecule has 1 aromatic rings. The van der Waals surface area contributed by atoms with Gasteiger partial charge < -0.3 is 13.9 Å². The fourth-order valence-electron chi connectivity index (χ4n) is 1.60. The monoisotopic (exact) mass is 278 g/mol. The zero-order valence-electron chi connectivity index (χ0n) is 11.7. The second kappa shape index (κ2) is 9.78. The first-order valence-corrected chi connectivity index (χ1v) is 7.77. The van der Waals surface area contributed by atoms with E-state index >= 15 is 0 Å². The average Bonchev–Trinajstić information content (AvgIpc) is 2.44. The van der Waals surface area contributed by atoms with Gasteiger partial charge in [0.25, 0.3) is 0 Å². The van der Waals surface area contributed by atoms with Crippen molar-refractivity contribution >= 4 is 15.8 Å². The van der Waals surface area contributed by atoms with Crippen LogP contribution in [0.15, 0.2) is 30.8 Å². The molecule has 0 spiro atoms. The fraction of sp³-hybridized carbons (Fsp3) is 0.467. The Kier molecular flexibility index (Phi) is 8.21. The van der Waals surface area contributed by atoms with Gasteiger partial charge >= 0.3 is 9.76 Å². The van der Waals surface area contributed by atoms with Crippen LogP contribution in [0.4, 0.5) is 0 Å². The minimum Gasteiger partial charge on any atom is -0.541 e. The summed E-state index contributed by atoms with van der Waals surface area (Å²) in [7, 11) is 0.415. The largest absolute Gasteiger partial charge is 0.541 e. The lowest BCUT2D eigenvalue weighted by Crippen LogP contribution is -2.18. The smallest absolute Gasteiger partial charge is 0.310 e. The molecule has 0 aliphatic heterocycles. The van der Waals surface area contributed by atoms with Gasteiger partial charge in [0.1, 0.15) is 5.75 Å². The first-order valence-electron chi connectivity index (χ1n) is 6.65. The second-order valence-corrected chi connectivity index (χ2v) is 4.89. The maximum Gasteiger partial charge on any atom is 0.310 e. The van der Waals surface area contributed by atoms with Gasteiger partial charge in [0, 0.05) is 13.2 Å². The molecule has 0 amide bonds. The standard InChI is InChI=1S/C15H22O3Si/c1-4-13-8-7-9-14(12-13)18-19-11-10-15(16-5-2)17-6-3/h4,7-9,12,15H,1,5-6,10-11H2,2-3H3. The topological polar surface area (TPSA) is 27.7 Å². The first kappa shape index (κ1) is 16.0. The third-order valence-corrected chi connectivity index (χ3v) is 3.34. The molecule has 0 saturated carbocycles. The molecule has 0 atom stereocenters. The van der Waals surface area contributed by atoms with E-state index in [1.807, 2.05) is 44.2 Å². The van der Waals surface area contributed by atoms with Crippen LogP contribution < -0.4 is 4.43 Å². The van der Waals surface area contributed by atoms with Crippen molar-refractivity contribution < 1.29 is 13.9 Å². The van der Waals surface area contributed by atoms with Crippen LogP contribution in [0.25, 0.3) is 6.08 Å². The summed E-state index contributed by atoms with van der Waals surface area (Å²) in [6.45, 7) is 9.06. The van der Waals surface area contributed by atoms with Crippen LogP contribution >= 0.6 is 0 Å². The summed E-state index contributed by atoms with van der Waals surface area (Å²) in [5.41, 5.74) is 1.07. The highest BCUT2D eigenvalue weighted by atomic mass is 28.2. The van der Waals surface area contributed by atoms with Gasteiger partial charge in [-0.3, -0.25) is 0 Å². The number of ether oxygens (including phenoxy) is 2. The Morgan fingerprint density at radius 2 is 2.00 bits per heavy atom. The lowest BCUT2D eigenvalue weighted by Gasteiger charge is -2.16. The van der Waals surface area contributed by atoms with Crippen molar-refractivity contribution in [3.63, 3.8) is 0 Å². The molecule has 2 radical (unpaired) electrons. The van der Waals surface area contributed by atoms with E-state index in [0.717, 1.165) is 23.8 Å². The first-order chi connectivity index (χ1) is 9.30. The van der Waals surface area contributed by atoms with Crippen molar-refractivity contribution in [2.45, 2.75) is 32.6 Å². The van der Waals surface area contributed by atoms with Gasteiger partial charge in [0.05, 0.1) is 0 Å². The van der Waals surface area contributed by atoms with Crippen molar-refractivity contribution in [1.29, 1.82) is 0 Å². The van der Waals surface area contributed by atoms with Gasteiger partial charge in [0.2, 0.25) is 0 Å². The number of hydrogen-bond acceptors (Lipinski definition) is 3. The molecule has 0 bridgehead atoms. The molecule has 1 rings (SSSR count). The molecule has 1 aromatic carbocycles. The van der Waals surface area contributed by atoms with Gasteiger partial charge in [-0.2, -0.15) is 0 Å². The third kappa shape index (κ3) is 6.57. The normalized spacial score (nSPS) is 10.7. The van der Waals surface area contributed by atoms with E-state index in [0.29, 0.717) is 23.0 Å². The van der Waals surface area contributed by atoms with E-state index < -0.39 is 0 Å². The van der Waals surface area contributed by atoms with Gasteiger partial charge in [-0.1, -0.05) is 24.8 Å². The molecule has 0 aliphatic rings. The summed E-state index contributed by atoms with van der Waals surface area (Å²) in [5.74, 6) is 0.889. The van der Waals surface area contributed by atoms with Gasteiger partial charge in [-0.25, -0.2) is 0 Å². The summed E-state index contributed by atoms with van der Waals surface area (Å²) < 4.78 is 16.7. The van der Waals surface area contributed by atoms with E-state index in [2.05, 4.69) is 6.58 Å². The predicted molar refractivity (Wildman–Crippen MR) is 79.4 cm³/mol.